The molecule has 7 heteroatoms. The van der Waals surface area contributed by atoms with Crippen LogP contribution in [0.3, 0.4) is 0 Å². The fraction of sp³-hybridized carbons (Fsp3) is 0.115. The van der Waals surface area contributed by atoms with E-state index in [1.165, 1.54) is 0 Å². The Kier molecular flexibility index (Phi) is 5.71. The minimum absolute atomic E-state index is 0.0802. The summed E-state index contributed by atoms with van der Waals surface area (Å²) in [5, 5.41) is 17.4. The molecule has 0 saturated carbocycles. The number of nitrogens with zero attached hydrogens (tertiary/aromatic N) is 2. The molecular weight excluding hydrogens is 434 g/mol. The molecular formula is C26H22N3O3S+. The van der Waals surface area contributed by atoms with E-state index in [1.54, 1.807) is 19.2 Å². The number of aromatic hydroxyl groups is 1. The molecule has 0 spiro atoms. The largest absolute Gasteiger partial charge is 0.508 e. The van der Waals surface area contributed by atoms with Gasteiger partial charge in [0.25, 0.3) is 0 Å². The van der Waals surface area contributed by atoms with Gasteiger partial charge in [0, 0.05) is 18.2 Å². The second-order valence-corrected chi connectivity index (χ2v) is 8.73. The lowest BCUT2D eigenvalue weighted by molar-refractivity contribution is -0.568. The predicted molar refractivity (Wildman–Crippen MR) is 131 cm³/mol. The molecule has 6 nitrogen and oxygen atoms in total. The van der Waals surface area contributed by atoms with Crippen molar-refractivity contribution in [1.29, 1.82) is 0 Å². The number of rotatable bonds is 4. The maximum Gasteiger partial charge on any atom is 0.372 e. The first-order valence-electron chi connectivity index (χ1n) is 10.5. The van der Waals surface area contributed by atoms with Crippen molar-refractivity contribution >= 4 is 34.6 Å². The normalized spacial score (nSPS) is 21.2. The van der Waals surface area contributed by atoms with Gasteiger partial charge in [-0.3, -0.25) is 0 Å². The zero-order chi connectivity index (χ0) is 22.8. The number of methoxy groups -OCH3 is 1. The lowest BCUT2D eigenvalue weighted by Gasteiger charge is -2.11. The van der Waals surface area contributed by atoms with Crippen molar-refractivity contribution in [3.63, 3.8) is 0 Å². The van der Waals surface area contributed by atoms with Crippen molar-refractivity contribution < 1.29 is 19.3 Å². The number of amidine groups is 1. The number of carbonyl (C=O) groups excluding carboxylic acids is 1. The van der Waals surface area contributed by atoms with Crippen LogP contribution in [0, 0.1) is 0 Å². The third kappa shape index (κ3) is 4.40. The minimum atomic E-state index is -0.146. The van der Waals surface area contributed by atoms with E-state index < -0.39 is 0 Å². The molecule has 5 rings (SSSR count). The van der Waals surface area contributed by atoms with Crippen LogP contribution in [0.2, 0.25) is 0 Å². The summed E-state index contributed by atoms with van der Waals surface area (Å²) >= 11 is 1.14. The van der Waals surface area contributed by atoms with E-state index in [0.717, 1.165) is 44.8 Å². The van der Waals surface area contributed by atoms with Gasteiger partial charge >= 0.3 is 11.1 Å². The standard InChI is InChI=1S/C26H21N3O3S/c1-32-21-13-9-19(10-14-21)23-16-22(18-5-3-2-4-6-18)28-29(23)25-24(33-26(31)27-25)15-17-7-11-20(30)12-8-17/h2-15,23H,16H2,1H3,(H,27,30,31)/p+1/t23-/m1/s1. The van der Waals surface area contributed by atoms with E-state index in [9.17, 15) is 9.90 Å². The van der Waals surface area contributed by atoms with Gasteiger partial charge in [-0.25, -0.2) is 4.79 Å². The average molecular weight is 457 g/mol. The molecule has 0 aliphatic carbocycles. The number of hydrazone groups is 1. The molecule has 0 bridgehead atoms. The summed E-state index contributed by atoms with van der Waals surface area (Å²) in [6.07, 6.45) is 2.63. The average Bonchev–Trinajstić information content (AvgIpc) is 3.44. The number of hydrogen-bond donors (Lipinski definition) is 2. The van der Waals surface area contributed by atoms with Gasteiger partial charge in [0.2, 0.25) is 0 Å². The predicted octanol–water partition coefficient (Wildman–Crippen LogP) is 5.16. The van der Waals surface area contributed by atoms with Gasteiger partial charge in [-0.05, 0) is 47.0 Å². The number of hydrogen-bond acceptors (Lipinski definition) is 5. The Hall–Kier alpha value is -3.84. The number of amides is 1. The number of ether oxygens (including phenoxy) is 1. The Labute approximate surface area is 195 Å². The first-order chi connectivity index (χ1) is 16.1. The summed E-state index contributed by atoms with van der Waals surface area (Å²) in [5.74, 6) is 1.65. The van der Waals surface area contributed by atoms with Gasteiger partial charge in [-0.1, -0.05) is 59.7 Å². The molecule has 0 radical (unpaired) electrons. The summed E-state index contributed by atoms with van der Waals surface area (Å²) in [6.45, 7) is 0. The highest BCUT2D eigenvalue weighted by Gasteiger charge is 2.40. The first-order valence-corrected chi connectivity index (χ1v) is 11.4. The Balaban J connectivity index is 1.62. The van der Waals surface area contributed by atoms with Crippen LogP contribution in [0.5, 0.6) is 11.5 Å². The highest BCUT2D eigenvalue weighted by molar-refractivity contribution is 8.18. The van der Waals surface area contributed by atoms with E-state index >= 15 is 0 Å². The number of phenols is 1. The smallest absolute Gasteiger partial charge is 0.372 e. The number of carbonyl (C=O) groups is 1. The van der Waals surface area contributed by atoms with Crippen molar-refractivity contribution in [2.24, 2.45) is 5.10 Å². The topological polar surface area (TPSA) is 73.9 Å². The number of thioether (sulfide) groups is 1. The molecule has 2 heterocycles. The van der Waals surface area contributed by atoms with Crippen molar-refractivity contribution in [2.75, 3.05) is 7.11 Å². The Morgan fingerprint density at radius 1 is 1.06 bits per heavy atom. The monoisotopic (exact) mass is 456 g/mol. The Bertz CT molecular complexity index is 1280. The van der Waals surface area contributed by atoms with Crippen LogP contribution in [-0.2, 0) is 0 Å². The van der Waals surface area contributed by atoms with Gasteiger partial charge < -0.3 is 9.84 Å². The molecule has 1 saturated heterocycles. The minimum Gasteiger partial charge on any atom is -0.508 e. The van der Waals surface area contributed by atoms with Crippen LogP contribution < -0.4 is 10.1 Å². The van der Waals surface area contributed by atoms with Crippen LogP contribution >= 0.6 is 11.8 Å². The van der Waals surface area contributed by atoms with Crippen LogP contribution in [0.1, 0.15) is 29.2 Å². The fourth-order valence-corrected chi connectivity index (χ4v) is 4.71. The molecule has 164 valence electrons. The summed E-state index contributed by atoms with van der Waals surface area (Å²) in [5.41, 5.74) is 3.98. The summed E-state index contributed by atoms with van der Waals surface area (Å²) in [6, 6.07) is 24.8. The van der Waals surface area contributed by atoms with E-state index in [1.807, 2.05) is 77.5 Å². The number of phenolic OH excluding ortho intramolecular Hbond substituents is 1. The molecule has 1 atom stereocenters. The third-order valence-corrected chi connectivity index (χ3v) is 6.41. The highest BCUT2D eigenvalue weighted by Crippen LogP contribution is 2.35. The number of benzene rings is 3. The molecule has 2 N–H and O–H groups in total. The molecule has 2 aliphatic heterocycles. The Morgan fingerprint density at radius 2 is 1.79 bits per heavy atom. The molecule has 0 aromatic heterocycles. The highest BCUT2D eigenvalue weighted by atomic mass is 32.2. The van der Waals surface area contributed by atoms with Gasteiger partial charge in [-0.2, -0.15) is 5.32 Å². The van der Waals surface area contributed by atoms with E-state index in [-0.39, 0.29) is 17.0 Å². The second kappa shape index (κ2) is 8.96. The molecule has 2 aliphatic rings. The van der Waals surface area contributed by atoms with Crippen LogP contribution in [0.25, 0.3) is 6.08 Å². The van der Waals surface area contributed by atoms with Crippen molar-refractivity contribution in [2.45, 2.75) is 12.5 Å². The molecule has 0 unspecified atom stereocenters. The van der Waals surface area contributed by atoms with Crippen molar-refractivity contribution in [1.82, 2.24) is 5.32 Å². The van der Waals surface area contributed by atoms with Crippen molar-refractivity contribution in [3.05, 3.63) is 100 Å². The zero-order valence-electron chi connectivity index (χ0n) is 17.9. The van der Waals surface area contributed by atoms with Gasteiger partial charge in [0.05, 0.1) is 12.8 Å². The van der Waals surface area contributed by atoms with Crippen LogP contribution in [0.4, 0.5) is 4.79 Å². The first kappa shape index (κ1) is 21.0. The van der Waals surface area contributed by atoms with Gasteiger partial charge in [-0.15, -0.1) is 4.68 Å². The van der Waals surface area contributed by atoms with E-state index in [0.29, 0.717) is 12.3 Å². The van der Waals surface area contributed by atoms with Gasteiger partial charge in [0.1, 0.15) is 16.4 Å². The molecule has 3 aromatic carbocycles. The van der Waals surface area contributed by atoms with Crippen LogP contribution in [0.15, 0.2) is 88.9 Å². The molecule has 33 heavy (non-hydrogen) atoms. The van der Waals surface area contributed by atoms with Crippen molar-refractivity contribution in [3.8, 4) is 11.5 Å². The maximum absolute atomic E-state index is 12.4. The summed E-state index contributed by atoms with van der Waals surface area (Å²) in [7, 11) is 1.65. The second-order valence-electron chi connectivity index (χ2n) is 7.71. The zero-order valence-corrected chi connectivity index (χ0v) is 18.8. The number of nitrogens with one attached hydrogen (secondary N) is 1. The lowest BCUT2D eigenvalue weighted by Crippen LogP contribution is -2.29. The maximum atomic E-state index is 12.4. The van der Waals surface area contributed by atoms with E-state index in [4.69, 9.17) is 9.84 Å². The third-order valence-electron chi connectivity index (χ3n) is 5.59. The fourth-order valence-electron chi connectivity index (χ4n) is 3.93. The Morgan fingerprint density at radius 3 is 2.48 bits per heavy atom. The molecule has 3 aromatic rings. The summed E-state index contributed by atoms with van der Waals surface area (Å²) < 4.78 is 7.23. The lowest BCUT2D eigenvalue weighted by atomic mass is 9.99. The van der Waals surface area contributed by atoms with E-state index in [2.05, 4.69) is 5.32 Å². The molecule has 1 fully saturated rings. The molecule has 1 amide bonds. The quantitative estimate of drug-likeness (QED) is 0.532. The van der Waals surface area contributed by atoms with Gasteiger partial charge in [0.15, 0.2) is 6.04 Å². The SMILES string of the molecule is COc1ccc([C@H]2CC(c3ccccc3)=N/[N+]2=C2/NC(=O)S/C2=C\c2ccc(O)cc2)cc1. The van der Waals surface area contributed by atoms with Crippen LogP contribution in [-0.4, -0.2) is 33.7 Å². The summed E-state index contributed by atoms with van der Waals surface area (Å²) in [4.78, 5) is 13.2.